The summed E-state index contributed by atoms with van der Waals surface area (Å²) in [6.45, 7) is 6.21. The lowest BCUT2D eigenvalue weighted by atomic mass is 10.2. The van der Waals surface area contributed by atoms with Crippen molar-refractivity contribution in [2.45, 2.75) is 0 Å². The molecule has 0 radical (unpaired) electrons. The molecule has 1 aliphatic rings. The molecule has 19 heavy (non-hydrogen) atoms. The fourth-order valence-corrected chi connectivity index (χ4v) is 2.17. The van der Waals surface area contributed by atoms with Crippen LogP contribution in [0, 0.1) is 0 Å². The Morgan fingerprint density at radius 1 is 1.26 bits per heavy atom. The highest BCUT2D eigenvalue weighted by molar-refractivity contribution is 5.98. The number of rotatable bonds is 4. The fourth-order valence-electron chi connectivity index (χ4n) is 2.17. The molecule has 1 fully saturated rings. The van der Waals surface area contributed by atoms with Gasteiger partial charge in [0.1, 0.15) is 5.84 Å². The van der Waals surface area contributed by atoms with Crippen LogP contribution in [0.5, 0.6) is 0 Å². The van der Waals surface area contributed by atoms with Crippen LogP contribution in [0.2, 0.25) is 0 Å². The van der Waals surface area contributed by atoms with Gasteiger partial charge in [-0.05, 0) is 19.2 Å². The number of hydrogen-bond donors (Lipinski definition) is 2. The molecule has 0 amide bonds. The molecule has 0 unspecified atom stereocenters. The standard InChI is InChI=1S/C14H23N5/c1-18-7-9-19(10-8-18)6-5-17-14(16)12-3-2-4-13(15)11-12/h2-4,11H,5-10,15H2,1H3,(H2,16,17). The maximum atomic E-state index is 5.97. The first-order valence-corrected chi connectivity index (χ1v) is 6.72. The van der Waals surface area contributed by atoms with Crippen LogP contribution in [0.3, 0.4) is 0 Å². The molecule has 0 spiro atoms. The van der Waals surface area contributed by atoms with Crippen molar-refractivity contribution in [2.75, 3.05) is 52.0 Å². The maximum Gasteiger partial charge on any atom is 0.125 e. The van der Waals surface area contributed by atoms with E-state index in [2.05, 4.69) is 21.8 Å². The van der Waals surface area contributed by atoms with E-state index >= 15 is 0 Å². The summed E-state index contributed by atoms with van der Waals surface area (Å²) in [7, 11) is 2.16. The van der Waals surface area contributed by atoms with Crippen molar-refractivity contribution >= 4 is 11.5 Å². The van der Waals surface area contributed by atoms with Crippen molar-refractivity contribution in [1.82, 2.24) is 9.80 Å². The van der Waals surface area contributed by atoms with Crippen LogP contribution in [-0.2, 0) is 0 Å². The summed E-state index contributed by atoms with van der Waals surface area (Å²) in [6, 6.07) is 7.54. The van der Waals surface area contributed by atoms with Crippen LogP contribution >= 0.6 is 0 Å². The summed E-state index contributed by atoms with van der Waals surface area (Å²) >= 11 is 0. The van der Waals surface area contributed by atoms with E-state index in [1.807, 2.05) is 24.3 Å². The molecule has 0 aromatic heterocycles. The molecule has 1 aliphatic heterocycles. The Morgan fingerprint density at radius 2 is 2.00 bits per heavy atom. The third kappa shape index (κ3) is 4.22. The van der Waals surface area contributed by atoms with Crippen molar-refractivity contribution in [3.8, 4) is 0 Å². The highest BCUT2D eigenvalue weighted by Gasteiger charge is 2.12. The average Bonchev–Trinajstić information content (AvgIpc) is 2.41. The second-order valence-corrected chi connectivity index (χ2v) is 5.04. The molecule has 1 aromatic rings. The summed E-state index contributed by atoms with van der Waals surface area (Å²) < 4.78 is 0. The van der Waals surface area contributed by atoms with Crippen molar-refractivity contribution < 1.29 is 0 Å². The highest BCUT2D eigenvalue weighted by atomic mass is 15.2. The molecule has 5 nitrogen and oxygen atoms in total. The number of anilines is 1. The number of benzene rings is 1. The molecule has 0 atom stereocenters. The van der Waals surface area contributed by atoms with Gasteiger partial charge in [-0.1, -0.05) is 12.1 Å². The summed E-state index contributed by atoms with van der Waals surface area (Å²) in [5, 5.41) is 0. The van der Waals surface area contributed by atoms with Crippen molar-refractivity contribution in [3.05, 3.63) is 29.8 Å². The van der Waals surface area contributed by atoms with E-state index in [1.165, 1.54) is 0 Å². The first-order chi connectivity index (χ1) is 9.15. The monoisotopic (exact) mass is 261 g/mol. The number of piperazine rings is 1. The van der Waals surface area contributed by atoms with Gasteiger partial charge >= 0.3 is 0 Å². The van der Waals surface area contributed by atoms with Crippen LogP contribution in [-0.4, -0.2) is 62.0 Å². The van der Waals surface area contributed by atoms with Gasteiger partial charge in [0.05, 0.1) is 6.54 Å². The normalized spacial score (nSPS) is 18.7. The minimum absolute atomic E-state index is 0.571. The molecule has 4 N–H and O–H groups in total. The number of nitrogens with two attached hydrogens (primary N) is 2. The average molecular weight is 261 g/mol. The van der Waals surface area contributed by atoms with Gasteiger partial charge in [-0.15, -0.1) is 0 Å². The predicted octanol–water partition coefficient (Wildman–Crippen LogP) is 0.222. The molecule has 5 heteroatoms. The SMILES string of the molecule is CN1CCN(CCN=C(N)c2cccc(N)c2)CC1. The van der Waals surface area contributed by atoms with Gasteiger partial charge in [-0.3, -0.25) is 9.89 Å². The largest absolute Gasteiger partial charge is 0.399 e. The van der Waals surface area contributed by atoms with Crippen LogP contribution in [0.25, 0.3) is 0 Å². The van der Waals surface area contributed by atoms with Gasteiger partial charge in [-0.2, -0.15) is 0 Å². The van der Waals surface area contributed by atoms with Crippen LogP contribution in [0.4, 0.5) is 5.69 Å². The first kappa shape index (κ1) is 13.8. The summed E-state index contributed by atoms with van der Waals surface area (Å²) in [4.78, 5) is 9.21. The number of hydrogen-bond acceptors (Lipinski definition) is 4. The van der Waals surface area contributed by atoms with E-state index in [-0.39, 0.29) is 0 Å². The van der Waals surface area contributed by atoms with Crippen LogP contribution < -0.4 is 11.5 Å². The van der Waals surface area contributed by atoms with Gasteiger partial charge in [0.15, 0.2) is 0 Å². The minimum atomic E-state index is 0.571. The smallest absolute Gasteiger partial charge is 0.125 e. The molecule has 0 aliphatic carbocycles. The third-order valence-corrected chi connectivity index (χ3v) is 3.48. The quantitative estimate of drug-likeness (QED) is 0.462. The number of nitrogens with zero attached hydrogens (tertiary/aromatic N) is 3. The number of amidine groups is 1. The summed E-state index contributed by atoms with van der Waals surface area (Å²) in [5.41, 5.74) is 13.3. The van der Waals surface area contributed by atoms with E-state index in [4.69, 9.17) is 11.5 Å². The minimum Gasteiger partial charge on any atom is -0.399 e. The Labute approximate surface area is 114 Å². The number of nitrogen functional groups attached to an aromatic ring is 1. The second-order valence-electron chi connectivity index (χ2n) is 5.04. The molecule has 1 aromatic carbocycles. The van der Waals surface area contributed by atoms with Crippen LogP contribution in [0.1, 0.15) is 5.56 Å². The summed E-state index contributed by atoms with van der Waals surface area (Å²) in [5.74, 6) is 0.571. The van der Waals surface area contributed by atoms with Gasteiger partial charge in [0.2, 0.25) is 0 Å². The lowest BCUT2D eigenvalue weighted by Gasteiger charge is -2.31. The molecule has 1 heterocycles. The van der Waals surface area contributed by atoms with Crippen molar-refractivity contribution in [1.29, 1.82) is 0 Å². The predicted molar refractivity (Wildman–Crippen MR) is 80.4 cm³/mol. The van der Waals surface area contributed by atoms with Gasteiger partial charge in [-0.25, -0.2) is 0 Å². The zero-order valence-electron chi connectivity index (χ0n) is 11.5. The Balaban J connectivity index is 1.82. The van der Waals surface area contributed by atoms with Gasteiger partial charge < -0.3 is 16.4 Å². The first-order valence-electron chi connectivity index (χ1n) is 6.72. The zero-order valence-corrected chi connectivity index (χ0v) is 11.5. The molecular formula is C14H23N5. The number of likely N-dealkylation sites (N-methyl/N-ethyl adjacent to an activating group) is 1. The highest BCUT2D eigenvalue weighted by Crippen LogP contribution is 2.06. The van der Waals surface area contributed by atoms with E-state index in [1.54, 1.807) is 0 Å². The molecule has 104 valence electrons. The lowest BCUT2D eigenvalue weighted by molar-refractivity contribution is 0.157. The topological polar surface area (TPSA) is 70.9 Å². The Bertz CT molecular complexity index is 435. The van der Waals surface area contributed by atoms with E-state index in [9.17, 15) is 0 Å². The number of aliphatic imine (C=N–C) groups is 1. The Morgan fingerprint density at radius 3 is 2.68 bits per heavy atom. The molecule has 1 saturated heterocycles. The van der Waals surface area contributed by atoms with E-state index in [0.29, 0.717) is 5.84 Å². The molecular weight excluding hydrogens is 238 g/mol. The van der Waals surface area contributed by atoms with Gasteiger partial charge in [0.25, 0.3) is 0 Å². The lowest BCUT2D eigenvalue weighted by Crippen LogP contribution is -2.45. The Kier molecular flexibility index (Phi) is 4.76. The molecule has 0 bridgehead atoms. The van der Waals surface area contributed by atoms with Gasteiger partial charge in [0, 0.05) is 44.0 Å². The molecule has 0 saturated carbocycles. The Hall–Kier alpha value is -1.59. The summed E-state index contributed by atoms with van der Waals surface area (Å²) in [6.07, 6.45) is 0. The van der Waals surface area contributed by atoms with E-state index in [0.717, 1.165) is 50.5 Å². The fraction of sp³-hybridized carbons (Fsp3) is 0.500. The second kappa shape index (κ2) is 6.54. The van der Waals surface area contributed by atoms with Crippen molar-refractivity contribution in [3.63, 3.8) is 0 Å². The van der Waals surface area contributed by atoms with E-state index < -0.39 is 0 Å². The van der Waals surface area contributed by atoms with Crippen LogP contribution in [0.15, 0.2) is 29.3 Å². The molecule has 2 rings (SSSR count). The third-order valence-electron chi connectivity index (χ3n) is 3.48. The zero-order chi connectivity index (χ0) is 13.7. The maximum absolute atomic E-state index is 5.97. The van der Waals surface area contributed by atoms with Crippen molar-refractivity contribution in [2.24, 2.45) is 10.7 Å².